The molecule has 5 heteroatoms. The Hall–Kier alpha value is -2.56. The average Bonchev–Trinajstić information content (AvgIpc) is 2.45. The highest BCUT2D eigenvalue weighted by Gasteiger charge is 2.32. The molecule has 0 saturated heterocycles. The van der Waals surface area contributed by atoms with E-state index in [1.54, 1.807) is 32.2 Å². The average molecular weight is 286 g/mol. The van der Waals surface area contributed by atoms with Crippen molar-refractivity contribution >= 4 is 5.97 Å². The van der Waals surface area contributed by atoms with E-state index in [1.807, 2.05) is 12.1 Å². The summed E-state index contributed by atoms with van der Waals surface area (Å²) in [4.78, 5) is 23.9. The molecule has 0 amide bonds. The summed E-state index contributed by atoms with van der Waals surface area (Å²) in [5, 5.41) is 0. The first-order chi connectivity index (χ1) is 10.1. The molecule has 1 atom stereocenters. The molecule has 0 radical (unpaired) electrons. The molecular formula is C16H14O5. The summed E-state index contributed by atoms with van der Waals surface area (Å²) < 4.78 is 15.4. The first-order valence-corrected chi connectivity index (χ1v) is 6.57. The van der Waals surface area contributed by atoms with Gasteiger partial charge < -0.3 is 13.9 Å². The van der Waals surface area contributed by atoms with Gasteiger partial charge in [-0.3, -0.25) is 4.79 Å². The van der Waals surface area contributed by atoms with Gasteiger partial charge >= 0.3 is 11.6 Å². The summed E-state index contributed by atoms with van der Waals surface area (Å²) in [5.41, 5.74) is 0.786. The zero-order valence-electron chi connectivity index (χ0n) is 11.7. The van der Waals surface area contributed by atoms with Crippen molar-refractivity contribution in [2.45, 2.75) is 19.3 Å². The van der Waals surface area contributed by atoms with Crippen molar-refractivity contribution in [1.82, 2.24) is 0 Å². The van der Waals surface area contributed by atoms with E-state index < -0.39 is 5.63 Å². The van der Waals surface area contributed by atoms with Crippen LogP contribution < -0.4 is 15.1 Å². The van der Waals surface area contributed by atoms with E-state index in [9.17, 15) is 9.59 Å². The van der Waals surface area contributed by atoms with E-state index >= 15 is 0 Å². The van der Waals surface area contributed by atoms with Crippen LogP contribution in [0.3, 0.4) is 0 Å². The second-order valence-corrected chi connectivity index (χ2v) is 4.93. The Morgan fingerprint density at radius 1 is 1.19 bits per heavy atom. The molecule has 3 rings (SSSR count). The SMILES string of the molecule is COc1ccc(C2CC(=O)Oc3cc(C)oc(=O)c32)cc1. The van der Waals surface area contributed by atoms with Gasteiger partial charge in [-0.25, -0.2) is 4.79 Å². The number of hydrogen-bond donors (Lipinski definition) is 0. The molecule has 1 unspecified atom stereocenters. The lowest BCUT2D eigenvalue weighted by Gasteiger charge is -2.23. The zero-order valence-corrected chi connectivity index (χ0v) is 11.7. The molecule has 0 saturated carbocycles. The Labute approximate surface area is 121 Å². The molecule has 0 aliphatic carbocycles. The third kappa shape index (κ3) is 2.42. The Morgan fingerprint density at radius 2 is 1.90 bits per heavy atom. The van der Waals surface area contributed by atoms with Crippen molar-refractivity contribution in [2.24, 2.45) is 0 Å². The molecule has 21 heavy (non-hydrogen) atoms. The topological polar surface area (TPSA) is 65.7 Å². The van der Waals surface area contributed by atoms with Crippen LogP contribution in [0.1, 0.15) is 29.2 Å². The van der Waals surface area contributed by atoms with Crippen molar-refractivity contribution in [3.8, 4) is 11.5 Å². The molecule has 1 aromatic heterocycles. The summed E-state index contributed by atoms with van der Waals surface area (Å²) in [6.45, 7) is 1.65. The van der Waals surface area contributed by atoms with Gasteiger partial charge in [-0.05, 0) is 24.6 Å². The number of carbonyl (C=O) groups is 1. The third-order valence-electron chi connectivity index (χ3n) is 3.53. The lowest BCUT2D eigenvalue weighted by Crippen LogP contribution is -2.26. The molecule has 2 heterocycles. The first kappa shape index (κ1) is 13.4. The number of esters is 1. The third-order valence-corrected chi connectivity index (χ3v) is 3.53. The normalized spacial score (nSPS) is 17.0. The van der Waals surface area contributed by atoms with Crippen molar-refractivity contribution in [3.05, 3.63) is 57.6 Å². The quantitative estimate of drug-likeness (QED) is 0.793. The standard InChI is InChI=1S/C16H14O5/c1-9-7-13-15(16(18)20-9)12(8-14(17)21-13)10-3-5-11(19-2)6-4-10/h3-7,12H,8H2,1-2H3. The second kappa shape index (κ2) is 5.09. The van der Waals surface area contributed by atoms with E-state index in [2.05, 4.69) is 0 Å². The summed E-state index contributed by atoms with van der Waals surface area (Å²) >= 11 is 0. The molecule has 0 N–H and O–H groups in total. The minimum atomic E-state index is -0.460. The van der Waals surface area contributed by atoms with Crippen LogP contribution in [-0.4, -0.2) is 13.1 Å². The smallest absolute Gasteiger partial charge is 0.343 e. The number of fused-ring (bicyclic) bond motifs is 1. The number of methoxy groups -OCH3 is 1. The maximum Gasteiger partial charge on any atom is 0.343 e. The maximum absolute atomic E-state index is 12.1. The lowest BCUT2D eigenvalue weighted by molar-refractivity contribution is -0.135. The second-order valence-electron chi connectivity index (χ2n) is 4.93. The monoisotopic (exact) mass is 286 g/mol. The van der Waals surface area contributed by atoms with Crippen LogP contribution in [0.25, 0.3) is 0 Å². The van der Waals surface area contributed by atoms with E-state index in [0.717, 1.165) is 5.56 Å². The van der Waals surface area contributed by atoms with Crippen molar-refractivity contribution in [1.29, 1.82) is 0 Å². The highest BCUT2D eigenvalue weighted by molar-refractivity contribution is 5.77. The number of ether oxygens (including phenoxy) is 2. The Bertz CT molecular complexity index is 742. The van der Waals surface area contributed by atoms with Crippen molar-refractivity contribution in [2.75, 3.05) is 7.11 Å². The first-order valence-electron chi connectivity index (χ1n) is 6.57. The molecule has 0 fully saturated rings. The van der Waals surface area contributed by atoms with E-state index in [1.165, 1.54) is 0 Å². The van der Waals surface area contributed by atoms with Crippen LogP contribution in [0.5, 0.6) is 11.5 Å². The van der Waals surface area contributed by atoms with Crippen LogP contribution in [-0.2, 0) is 4.79 Å². The molecule has 108 valence electrons. The number of hydrogen-bond acceptors (Lipinski definition) is 5. The van der Waals surface area contributed by atoms with Crippen LogP contribution in [0.15, 0.2) is 39.5 Å². The predicted octanol–water partition coefficient (Wildman–Crippen LogP) is 2.40. The van der Waals surface area contributed by atoms with Crippen LogP contribution in [0, 0.1) is 6.92 Å². The van der Waals surface area contributed by atoms with E-state index in [-0.39, 0.29) is 18.3 Å². The van der Waals surface area contributed by atoms with Gasteiger partial charge in [-0.2, -0.15) is 0 Å². The molecular weight excluding hydrogens is 272 g/mol. The predicted molar refractivity (Wildman–Crippen MR) is 74.8 cm³/mol. The van der Waals surface area contributed by atoms with Gasteiger partial charge in [-0.1, -0.05) is 12.1 Å². The summed E-state index contributed by atoms with van der Waals surface area (Å²) in [7, 11) is 1.58. The fraction of sp³-hybridized carbons (Fsp3) is 0.250. The fourth-order valence-electron chi connectivity index (χ4n) is 2.55. The molecule has 1 aliphatic heterocycles. The minimum Gasteiger partial charge on any atom is -0.497 e. The van der Waals surface area contributed by atoms with Crippen molar-refractivity contribution < 1.29 is 18.7 Å². The van der Waals surface area contributed by atoms with Gasteiger partial charge in [0.2, 0.25) is 0 Å². The molecule has 2 aromatic rings. The van der Waals surface area contributed by atoms with E-state index in [4.69, 9.17) is 13.9 Å². The Balaban J connectivity index is 2.12. The van der Waals surface area contributed by atoms with Gasteiger partial charge in [0.25, 0.3) is 0 Å². The molecule has 1 aromatic carbocycles. The molecule has 0 spiro atoms. The Morgan fingerprint density at radius 3 is 2.57 bits per heavy atom. The lowest BCUT2D eigenvalue weighted by atomic mass is 9.87. The molecule has 0 bridgehead atoms. The van der Waals surface area contributed by atoms with Gasteiger partial charge in [-0.15, -0.1) is 0 Å². The molecule has 1 aliphatic rings. The largest absolute Gasteiger partial charge is 0.497 e. The van der Waals surface area contributed by atoms with Gasteiger partial charge in [0.05, 0.1) is 19.1 Å². The highest BCUT2D eigenvalue weighted by Crippen LogP contribution is 2.37. The number of benzene rings is 1. The van der Waals surface area contributed by atoms with E-state index in [0.29, 0.717) is 22.8 Å². The highest BCUT2D eigenvalue weighted by atomic mass is 16.5. The van der Waals surface area contributed by atoms with Gasteiger partial charge in [0, 0.05) is 12.0 Å². The fourth-order valence-corrected chi connectivity index (χ4v) is 2.55. The van der Waals surface area contributed by atoms with Crippen LogP contribution in [0.2, 0.25) is 0 Å². The van der Waals surface area contributed by atoms with Crippen LogP contribution >= 0.6 is 0 Å². The number of rotatable bonds is 2. The number of aryl methyl sites for hydroxylation is 1. The summed E-state index contributed by atoms with van der Waals surface area (Å²) in [6.07, 6.45) is 0.118. The minimum absolute atomic E-state index is 0.118. The maximum atomic E-state index is 12.1. The van der Waals surface area contributed by atoms with Crippen LogP contribution in [0.4, 0.5) is 0 Å². The van der Waals surface area contributed by atoms with Crippen molar-refractivity contribution in [3.63, 3.8) is 0 Å². The number of carbonyl (C=O) groups excluding carboxylic acids is 1. The zero-order chi connectivity index (χ0) is 15.0. The summed E-state index contributed by atoms with van der Waals surface area (Å²) in [5.74, 6) is 0.716. The van der Waals surface area contributed by atoms with Gasteiger partial charge in [0.1, 0.15) is 17.3 Å². The summed E-state index contributed by atoms with van der Waals surface area (Å²) in [6, 6.07) is 8.84. The van der Waals surface area contributed by atoms with Gasteiger partial charge in [0.15, 0.2) is 0 Å². The molecule has 5 nitrogen and oxygen atoms in total. The Kier molecular flexibility index (Phi) is 3.25.